The van der Waals surface area contributed by atoms with E-state index in [2.05, 4.69) is 6.07 Å². The lowest BCUT2D eigenvalue weighted by Crippen LogP contribution is -1.94. The standard InChI is InChI=1S/C12H12ClNO/c1-12(7-14)6-10(12)9-4-3-8(15-2)5-11(9)13/h3-5,10H,6H2,1-2H3. The van der Waals surface area contributed by atoms with Gasteiger partial charge < -0.3 is 4.74 Å². The maximum Gasteiger partial charge on any atom is 0.120 e. The summed E-state index contributed by atoms with van der Waals surface area (Å²) >= 11 is 6.14. The maximum absolute atomic E-state index is 8.97. The fourth-order valence-corrected chi connectivity index (χ4v) is 2.16. The molecule has 0 saturated heterocycles. The second-order valence-electron chi connectivity index (χ2n) is 4.17. The SMILES string of the molecule is COc1ccc(C2CC2(C)C#N)c(Cl)c1. The summed E-state index contributed by atoms with van der Waals surface area (Å²) in [6.45, 7) is 1.97. The van der Waals surface area contributed by atoms with Crippen molar-refractivity contribution in [3.63, 3.8) is 0 Å². The van der Waals surface area contributed by atoms with Gasteiger partial charge in [0.15, 0.2) is 0 Å². The van der Waals surface area contributed by atoms with Crippen LogP contribution in [0, 0.1) is 16.7 Å². The number of ether oxygens (including phenoxy) is 1. The molecule has 0 N–H and O–H groups in total. The van der Waals surface area contributed by atoms with Crippen LogP contribution in [-0.2, 0) is 0 Å². The van der Waals surface area contributed by atoms with Gasteiger partial charge in [0.1, 0.15) is 5.75 Å². The quantitative estimate of drug-likeness (QED) is 0.767. The Labute approximate surface area is 94.4 Å². The normalized spacial score (nSPS) is 28.3. The molecule has 0 aliphatic heterocycles. The lowest BCUT2D eigenvalue weighted by atomic mass is 10.0. The number of hydrogen-bond acceptors (Lipinski definition) is 2. The molecular weight excluding hydrogens is 210 g/mol. The Bertz CT molecular complexity index is 438. The summed E-state index contributed by atoms with van der Waals surface area (Å²) in [6.07, 6.45) is 0.898. The summed E-state index contributed by atoms with van der Waals surface area (Å²) < 4.78 is 5.08. The first kappa shape index (κ1) is 10.3. The monoisotopic (exact) mass is 221 g/mol. The molecule has 0 amide bonds. The van der Waals surface area contributed by atoms with E-state index in [1.54, 1.807) is 13.2 Å². The van der Waals surface area contributed by atoms with Gasteiger partial charge in [0.2, 0.25) is 0 Å². The van der Waals surface area contributed by atoms with E-state index in [1.165, 1.54) is 0 Å². The maximum atomic E-state index is 8.97. The molecule has 1 fully saturated rings. The van der Waals surface area contributed by atoms with Gasteiger partial charge in [-0.3, -0.25) is 0 Å². The molecule has 0 bridgehead atoms. The number of nitriles is 1. The van der Waals surface area contributed by atoms with Crippen molar-refractivity contribution in [2.24, 2.45) is 5.41 Å². The fraction of sp³-hybridized carbons (Fsp3) is 0.417. The molecule has 2 nitrogen and oxygen atoms in total. The summed E-state index contributed by atoms with van der Waals surface area (Å²) in [5.41, 5.74) is 0.833. The van der Waals surface area contributed by atoms with E-state index >= 15 is 0 Å². The van der Waals surface area contributed by atoms with Crippen molar-refractivity contribution in [1.29, 1.82) is 5.26 Å². The highest BCUT2D eigenvalue weighted by Gasteiger charge is 2.52. The van der Waals surface area contributed by atoms with E-state index in [-0.39, 0.29) is 11.3 Å². The van der Waals surface area contributed by atoms with Gasteiger partial charge in [-0.1, -0.05) is 17.7 Å². The molecular formula is C12H12ClNO. The summed E-state index contributed by atoms with van der Waals surface area (Å²) in [6, 6.07) is 7.97. The highest BCUT2D eigenvalue weighted by molar-refractivity contribution is 6.31. The molecule has 1 aromatic carbocycles. The van der Waals surface area contributed by atoms with Crippen molar-refractivity contribution < 1.29 is 4.74 Å². The predicted molar refractivity (Wildman–Crippen MR) is 59.1 cm³/mol. The topological polar surface area (TPSA) is 33.0 Å². The first-order valence-corrected chi connectivity index (χ1v) is 5.23. The van der Waals surface area contributed by atoms with Crippen molar-refractivity contribution in [1.82, 2.24) is 0 Å². The Kier molecular flexibility index (Phi) is 2.36. The Hall–Kier alpha value is -1.20. The van der Waals surface area contributed by atoms with Gasteiger partial charge in [-0.05, 0) is 31.0 Å². The van der Waals surface area contributed by atoms with E-state index in [4.69, 9.17) is 21.6 Å². The summed E-state index contributed by atoms with van der Waals surface area (Å²) in [5, 5.41) is 9.66. The van der Waals surface area contributed by atoms with Gasteiger partial charge in [-0.25, -0.2) is 0 Å². The van der Waals surface area contributed by atoms with Crippen LogP contribution < -0.4 is 4.74 Å². The molecule has 1 aliphatic rings. The van der Waals surface area contributed by atoms with E-state index in [0.29, 0.717) is 5.02 Å². The van der Waals surface area contributed by atoms with Crippen molar-refractivity contribution in [3.05, 3.63) is 28.8 Å². The molecule has 1 aliphatic carbocycles. The van der Waals surface area contributed by atoms with E-state index in [9.17, 15) is 0 Å². The largest absolute Gasteiger partial charge is 0.497 e. The minimum Gasteiger partial charge on any atom is -0.497 e. The minimum absolute atomic E-state index is 0.224. The van der Waals surface area contributed by atoms with Crippen LogP contribution in [0.2, 0.25) is 5.02 Å². The number of rotatable bonds is 2. The van der Waals surface area contributed by atoms with Gasteiger partial charge >= 0.3 is 0 Å². The lowest BCUT2D eigenvalue weighted by molar-refractivity contribution is 0.414. The van der Waals surface area contributed by atoms with Crippen molar-refractivity contribution >= 4 is 11.6 Å². The predicted octanol–water partition coefficient (Wildman–Crippen LogP) is 3.37. The molecule has 78 valence electrons. The molecule has 0 spiro atoms. The number of methoxy groups -OCH3 is 1. The molecule has 0 aromatic heterocycles. The van der Waals surface area contributed by atoms with Gasteiger partial charge in [-0.2, -0.15) is 5.26 Å². The van der Waals surface area contributed by atoms with Gasteiger partial charge in [0.25, 0.3) is 0 Å². The molecule has 2 rings (SSSR count). The number of benzene rings is 1. The van der Waals surface area contributed by atoms with Crippen LogP contribution in [-0.4, -0.2) is 7.11 Å². The second kappa shape index (κ2) is 3.43. The zero-order valence-corrected chi connectivity index (χ0v) is 9.51. The Morgan fingerprint density at radius 1 is 1.60 bits per heavy atom. The van der Waals surface area contributed by atoms with E-state index in [0.717, 1.165) is 17.7 Å². The van der Waals surface area contributed by atoms with Crippen molar-refractivity contribution in [3.8, 4) is 11.8 Å². The third-order valence-electron chi connectivity index (χ3n) is 3.08. The van der Waals surface area contributed by atoms with Gasteiger partial charge in [0, 0.05) is 10.9 Å². The summed E-state index contributed by atoms with van der Waals surface area (Å²) in [7, 11) is 1.61. The smallest absolute Gasteiger partial charge is 0.120 e. The lowest BCUT2D eigenvalue weighted by Gasteiger charge is -2.06. The second-order valence-corrected chi connectivity index (χ2v) is 4.58. The third kappa shape index (κ3) is 1.68. The van der Waals surface area contributed by atoms with Crippen LogP contribution in [0.15, 0.2) is 18.2 Å². The molecule has 1 saturated carbocycles. The number of hydrogen-bond donors (Lipinski definition) is 0. The van der Waals surface area contributed by atoms with E-state index < -0.39 is 0 Å². The van der Waals surface area contributed by atoms with E-state index in [1.807, 2.05) is 19.1 Å². The van der Waals surface area contributed by atoms with Gasteiger partial charge in [0.05, 0.1) is 18.6 Å². The zero-order chi connectivity index (χ0) is 11.1. The Morgan fingerprint density at radius 3 is 2.80 bits per heavy atom. The van der Waals surface area contributed by atoms with Crippen molar-refractivity contribution in [2.75, 3.05) is 7.11 Å². The number of halogens is 1. The fourth-order valence-electron chi connectivity index (χ4n) is 1.86. The molecule has 2 atom stereocenters. The molecule has 2 unspecified atom stereocenters. The van der Waals surface area contributed by atoms with Crippen LogP contribution in [0.1, 0.15) is 24.8 Å². The molecule has 1 aromatic rings. The molecule has 3 heteroatoms. The average molecular weight is 222 g/mol. The first-order valence-electron chi connectivity index (χ1n) is 4.85. The first-order chi connectivity index (χ1) is 7.10. The summed E-state index contributed by atoms with van der Waals surface area (Å²) in [5.74, 6) is 1.03. The molecule has 15 heavy (non-hydrogen) atoms. The third-order valence-corrected chi connectivity index (χ3v) is 3.40. The highest BCUT2D eigenvalue weighted by atomic mass is 35.5. The summed E-state index contributed by atoms with van der Waals surface area (Å²) in [4.78, 5) is 0. The van der Waals surface area contributed by atoms with Crippen LogP contribution >= 0.6 is 11.6 Å². The van der Waals surface area contributed by atoms with Crippen molar-refractivity contribution in [2.45, 2.75) is 19.3 Å². The highest BCUT2D eigenvalue weighted by Crippen LogP contribution is 2.59. The minimum atomic E-state index is -0.224. The Morgan fingerprint density at radius 2 is 2.33 bits per heavy atom. The van der Waals surface area contributed by atoms with Gasteiger partial charge in [-0.15, -0.1) is 0 Å². The number of nitrogens with zero attached hydrogens (tertiary/aromatic N) is 1. The van der Waals surface area contributed by atoms with Crippen LogP contribution in [0.5, 0.6) is 5.75 Å². The van der Waals surface area contributed by atoms with Crippen LogP contribution in [0.3, 0.4) is 0 Å². The molecule has 0 radical (unpaired) electrons. The van der Waals surface area contributed by atoms with Crippen LogP contribution in [0.4, 0.5) is 0 Å². The Balaban J connectivity index is 2.29. The average Bonchev–Trinajstić information content (AvgIpc) is 2.91. The molecule has 0 heterocycles. The van der Waals surface area contributed by atoms with Crippen LogP contribution in [0.25, 0.3) is 0 Å². The zero-order valence-electron chi connectivity index (χ0n) is 8.75.